The maximum Gasteiger partial charge on any atom is 0.237 e. The number of hydrogen-bond donors (Lipinski definition) is 2. The summed E-state index contributed by atoms with van der Waals surface area (Å²) in [7, 11) is 0. The van der Waals surface area contributed by atoms with E-state index in [1.165, 1.54) is 0 Å². The van der Waals surface area contributed by atoms with Crippen LogP contribution in [0.3, 0.4) is 0 Å². The van der Waals surface area contributed by atoms with Crippen molar-refractivity contribution >= 4 is 28.6 Å². The number of nitrogens with one attached hydrogen (secondary N) is 1. The number of aryl methyl sites for hydroxylation is 1. The van der Waals surface area contributed by atoms with E-state index in [2.05, 4.69) is 10.3 Å². The van der Waals surface area contributed by atoms with Crippen molar-refractivity contribution in [2.24, 2.45) is 5.73 Å². The molecule has 0 aliphatic carbocycles. The third-order valence-corrected chi connectivity index (χ3v) is 3.36. The Morgan fingerprint density at radius 1 is 1.19 bits per heavy atom. The summed E-state index contributed by atoms with van der Waals surface area (Å²) in [4.78, 5) is 15.9. The van der Waals surface area contributed by atoms with Crippen LogP contribution in [-0.2, 0) is 11.3 Å². The first-order chi connectivity index (χ1) is 10.1. The normalized spacial score (nSPS) is 10.7. The Morgan fingerprint density at radius 3 is 2.67 bits per heavy atom. The molecule has 0 fully saturated rings. The summed E-state index contributed by atoms with van der Waals surface area (Å²) >= 11 is 0. The van der Waals surface area contributed by atoms with Crippen molar-refractivity contribution in [1.82, 2.24) is 9.55 Å². The number of carbonyl (C=O) groups excluding carboxylic acids is 1. The van der Waals surface area contributed by atoms with Gasteiger partial charge in [-0.2, -0.15) is 0 Å². The molecule has 0 aliphatic heterocycles. The SMILES string of the molecule is Cc1ccccc1Nc1nc2ccccc2n1CC(N)=O. The van der Waals surface area contributed by atoms with Crippen molar-refractivity contribution in [3.8, 4) is 0 Å². The zero-order valence-electron chi connectivity index (χ0n) is 11.7. The van der Waals surface area contributed by atoms with Crippen molar-refractivity contribution < 1.29 is 4.79 Å². The molecule has 0 bridgehead atoms. The summed E-state index contributed by atoms with van der Waals surface area (Å²) in [6.45, 7) is 2.11. The lowest BCUT2D eigenvalue weighted by molar-refractivity contribution is -0.118. The van der Waals surface area contributed by atoms with Gasteiger partial charge in [-0.25, -0.2) is 4.98 Å². The smallest absolute Gasteiger partial charge is 0.237 e. The number of nitrogens with two attached hydrogens (primary N) is 1. The number of nitrogens with zero attached hydrogens (tertiary/aromatic N) is 2. The van der Waals surface area contributed by atoms with E-state index in [1.54, 1.807) is 4.57 Å². The Kier molecular flexibility index (Phi) is 3.31. The molecule has 0 saturated heterocycles. The summed E-state index contributed by atoms with van der Waals surface area (Å²) in [5.41, 5.74) is 9.13. The molecule has 5 heteroatoms. The molecule has 2 aromatic carbocycles. The molecule has 0 radical (unpaired) electrons. The van der Waals surface area contributed by atoms with Gasteiger partial charge in [-0.3, -0.25) is 4.79 Å². The molecule has 0 spiro atoms. The average molecular weight is 280 g/mol. The highest BCUT2D eigenvalue weighted by Crippen LogP contribution is 2.24. The summed E-state index contributed by atoms with van der Waals surface area (Å²) in [5, 5.41) is 3.28. The van der Waals surface area contributed by atoms with E-state index >= 15 is 0 Å². The van der Waals surface area contributed by atoms with E-state index in [1.807, 2.05) is 55.5 Å². The molecule has 21 heavy (non-hydrogen) atoms. The van der Waals surface area contributed by atoms with Crippen LogP contribution in [0, 0.1) is 6.92 Å². The van der Waals surface area contributed by atoms with Gasteiger partial charge >= 0.3 is 0 Å². The molecule has 1 heterocycles. The molecule has 0 saturated carbocycles. The van der Waals surface area contributed by atoms with Crippen LogP contribution in [0.5, 0.6) is 0 Å². The van der Waals surface area contributed by atoms with Gasteiger partial charge in [-0.15, -0.1) is 0 Å². The predicted octanol–water partition coefficient (Wildman–Crippen LogP) is 2.57. The van der Waals surface area contributed by atoms with Crippen LogP contribution in [0.4, 0.5) is 11.6 Å². The zero-order valence-corrected chi connectivity index (χ0v) is 11.7. The Balaban J connectivity index is 2.09. The first-order valence-corrected chi connectivity index (χ1v) is 6.71. The lowest BCUT2D eigenvalue weighted by Gasteiger charge is -2.11. The molecular formula is C16H16N4O. The molecule has 0 aliphatic rings. The van der Waals surface area contributed by atoms with Gasteiger partial charge in [0.25, 0.3) is 0 Å². The molecule has 0 atom stereocenters. The maximum atomic E-state index is 11.3. The van der Waals surface area contributed by atoms with Crippen LogP contribution >= 0.6 is 0 Å². The van der Waals surface area contributed by atoms with E-state index in [-0.39, 0.29) is 6.54 Å². The van der Waals surface area contributed by atoms with Crippen LogP contribution in [0.25, 0.3) is 11.0 Å². The number of hydrogen-bond acceptors (Lipinski definition) is 3. The van der Waals surface area contributed by atoms with Gasteiger partial charge in [0, 0.05) is 5.69 Å². The summed E-state index contributed by atoms with van der Waals surface area (Å²) < 4.78 is 1.80. The number of aromatic nitrogens is 2. The number of imidazole rings is 1. The summed E-state index contributed by atoms with van der Waals surface area (Å²) in [5.74, 6) is 0.218. The number of benzene rings is 2. The molecule has 5 nitrogen and oxygen atoms in total. The minimum atomic E-state index is -0.397. The Labute approximate surface area is 122 Å². The fourth-order valence-corrected chi connectivity index (χ4v) is 2.32. The molecule has 3 rings (SSSR count). The first kappa shape index (κ1) is 13.2. The third-order valence-electron chi connectivity index (χ3n) is 3.36. The predicted molar refractivity (Wildman–Crippen MR) is 83.4 cm³/mol. The fraction of sp³-hybridized carbons (Fsp3) is 0.125. The van der Waals surface area contributed by atoms with Crippen LogP contribution in [0.1, 0.15) is 5.56 Å². The number of para-hydroxylation sites is 3. The highest BCUT2D eigenvalue weighted by atomic mass is 16.1. The van der Waals surface area contributed by atoms with Gasteiger partial charge in [0.1, 0.15) is 6.54 Å². The van der Waals surface area contributed by atoms with Crippen LogP contribution in [-0.4, -0.2) is 15.5 Å². The number of amides is 1. The van der Waals surface area contributed by atoms with E-state index in [0.717, 1.165) is 22.3 Å². The molecule has 3 aromatic rings. The van der Waals surface area contributed by atoms with E-state index in [9.17, 15) is 4.79 Å². The van der Waals surface area contributed by atoms with Crippen molar-refractivity contribution in [2.45, 2.75) is 13.5 Å². The summed E-state index contributed by atoms with van der Waals surface area (Å²) in [6, 6.07) is 15.6. The van der Waals surface area contributed by atoms with Crippen LogP contribution in [0.15, 0.2) is 48.5 Å². The monoisotopic (exact) mass is 280 g/mol. The minimum Gasteiger partial charge on any atom is -0.368 e. The Morgan fingerprint density at radius 2 is 1.90 bits per heavy atom. The van der Waals surface area contributed by atoms with Gasteiger partial charge in [0.2, 0.25) is 11.9 Å². The zero-order chi connectivity index (χ0) is 14.8. The van der Waals surface area contributed by atoms with Crippen molar-refractivity contribution in [1.29, 1.82) is 0 Å². The fourth-order valence-electron chi connectivity index (χ4n) is 2.32. The number of carbonyl (C=O) groups is 1. The minimum absolute atomic E-state index is 0.0920. The van der Waals surface area contributed by atoms with E-state index in [4.69, 9.17) is 5.73 Å². The second kappa shape index (κ2) is 5.28. The average Bonchev–Trinajstić information content (AvgIpc) is 2.79. The largest absolute Gasteiger partial charge is 0.368 e. The molecule has 106 valence electrons. The molecule has 3 N–H and O–H groups in total. The lowest BCUT2D eigenvalue weighted by atomic mass is 10.2. The molecule has 1 amide bonds. The number of anilines is 2. The van der Waals surface area contributed by atoms with Crippen LogP contribution < -0.4 is 11.1 Å². The Bertz CT molecular complexity index is 807. The lowest BCUT2D eigenvalue weighted by Crippen LogP contribution is -2.19. The van der Waals surface area contributed by atoms with Gasteiger partial charge < -0.3 is 15.6 Å². The van der Waals surface area contributed by atoms with E-state index in [0.29, 0.717) is 5.95 Å². The number of rotatable bonds is 4. The second-order valence-corrected chi connectivity index (χ2v) is 4.92. The van der Waals surface area contributed by atoms with Crippen LogP contribution in [0.2, 0.25) is 0 Å². The second-order valence-electron chi connectivity index (χ2n) is 4.92. The summed E-state index contributed by atoms with van der Waals surface area (Å²) in [6.07, 6.45) is 0. The Hall–Kier alpha value is -2.82. The molecular weight excluding hydrogens is 264 g/mol. The third kappa shape index (κ3) is 2.58. The molecule has 0 unspecified atom stereocenters. The van der Waals surface area contributed by atoms with Gasteiger partial charge in [-0.05, 0) is 30.7 Å². The highest BCUT2D eigenvalue weighted by Gasteiger charge is 2.12. The standard InChI is InChI=1S/C16H16N4O/c1-11-6-2-3-7-12(11)18-16-19-13-8-4-5-9-14(13)20(16)10-15(17)21/h2-9H,10H2,1H3,(H2,17,21)(H,18,19). The molecule has 1 aromatic heterocycles. The number of fused-ring (bicyclic) bond motifs is 1. The van der Waals surface area contributed by atoms with Gasteiger partial charge in [-0.1, -0.05) is 30.3 Å². The quantitative estimate of drug-likeness (QED) is 0.771. The number of primary amides is 1. The highest BCUT2D eigenvalue weighted by molar-refractivity contribution is 5.83. The van der Waals surface area contributed by atoms with Crippen molar-refractivity contribution in [3.05, 3.63) is 54.1 Å². The maximum absolute atomic E-state index is 11.3. The van der Waals surface area contributed by atoms with Crippen molar-refractivity contribution in [3.63, 3.8) is 0 Å². The van der Waals surface area contributed by atoms with E-state index < -0.39 is 5.91 Å². The topological polar surface area (TPSA) is 72.9 Å². The van der Waals surface area contributed by atoms with Gasteiger partial charge in [0.05, 0.1) is 11.0 Å². The first-order valence-electron chi connectivity index (χ1n) is 6.71. The van der Waals surface area contributed by atoms with Gasteiger partial charge in [0.15, 0.2) is 0 Å². The van der Waals surface area contributed by atoms with Crippen molar-refractivity contribution in [2.75, 3.05) is 5.32 Å².